The van der Waals surface area contributed by atoms with Crippen LogP contribution < -0.4 is 10.6 Å². The van der Waals surface area contributed by atoms with Crippen LogP contribution >= 0.6 is 23.2 Å². The van der Waals surface area contributed by atoms with Crippen LogP contribution in [0, 0.1) is 6.92 Å². The van der Waals surface area contributed by atoms with Crippen LogP contribution in [-0.4, -0.2) is 34.2 Å². The van der Waals surface area contributed by atoms with E-state index in [-0.39, 0.29) is 29.2 Å². The van der Waals surface area contributed by atoms with Crippen molar-refractivity contribution in [3.05, 3.63) is 51.3 Å². The van der Waals surface area contributed by atoms with Gasteiger partial charge in [0.2, 0.25) is 5.91 Å². The topological polar surface area (TPSA) is 76.0 Å². The van der Waals surface area contributed by atoms with E-state index in [9.17, 15) is 9.59 Å². The number of carbonyl (C=O) groups is 2. The summed E-state index contributed by atoms with van der Waals surface area (Å²) in [6.45, 7) is 5.61. The van der Waals surface area contributed by atoms with Crippen molar-refractivity contribution in [1.82, 2.24) is 20.4 Å². The number of hydrogen-bond donors (Lipinski definition) is 2. The molecule has 0 saturated heterocycles. The zero-order valence-electron chi connectivity index (χ0n) is 14.3. The zero-order valence-corrected chi connectivity index (χ0v) is 15.8. The summed E-state index contributed by atoms with van der Waals surface area (Å²) in [5.74, 6) is -0.701. The maximum absolute atomic E-state index is 12.4. The van der Waals surface area contributed by atoms with Gasteiger partial charge in [-0.2, -0.15) is 5.10 Å². The number of amides is 2. The van der Waals surface area contributed by atoms with Crippen molar-refractivity contribution < 1.29 is 9.59 Å². The molecular weight excluding hydrogens is 363 g/mol. The average Bonchev–Trinajstić information content (AvgIpc) is 2.81. The standard InChI is InChI=1S/C17H20Cl2N4O2/c1-10(2)21-14(24)8-20-17(25)15-11(3)22-23(16(15)19)9-12-6-4-5-7-13(12)18/h4-7,10H,8-9H2,1-3H3,(H,20,25)(H,21,24). The van der Waals surface area contributed by atoms with Gasteiger partial charge in [0.25, 0.3) is 5.91 Å². The molecule has 0 saturated carbocycles. The van der Waals surface area contributed by atoms with Crippen LogP contribution in [-0.2, 0) is 11.3 Å². The fourth-order valence-electron chi connectivity index (χ4n) is 2.33. The summed E-state index contributed by atoms with van der Waals surface area (Å²) in [5.41, 5.74) is 1.58. The first kappa shape index (κ1) is 19.3. The lowest BCUT2D eigenvalue weighted by Crippen LogP contribution is -2.39. The highest BCUT2D eigenvalue weighted by atomic mass is 35.5. The van der Waals surface area contributed by atoms with Crippen molar-refractivity contribution in [2.45, 2.75) is 33.4 Å². The summed E-state index contributed by atoms with van der Waals surface area (Å²) in [5, 5.41) is 10.4. The highest BCUT2D eigenvalue weighted by Crippen LogP contribution is 2.23. The molecule has 0 spiro atoms. The van der Waals surface area contributed by atoms with Crippen molar-refractivity contribution in [3.63, 3.8) is 0 Å². The number of carbonyl (C=O) groups excluding carboxylic acids is 2. The van der Waals surface area contributed by atoms with E-state index in [1.54, 1.807) is 13.0 Å². The molecule has 0 radical (unpaired) electrons. The second kappa shape index (κ2) is 8.36. The predicted octanol–water partition coefficient (Wildman–Crippen LogP) is 2.80. The molecule has 2 rings (SSSR count). The van der Waals surface area contributed by atoms with Gasteiger partial charge >= 0.3 is 0 Å². The molecule has 2 amide bonds. The fraction of sp³-hybridized carbons (Fsp3) is 0.353. The largest absolute Gasteiger partial charge is 0.352 e. The molecule has 0 atom stereocenters. The Morgan fingerprint density at radius 2 is 1.92 bits per heavy atom. The molecule has 0 fully saturated rings. The van der Waals surface area contributed by atoms with E-state index in [0.29, 0.717) is 17.3 Å². The molecule has 0 aliphatic heterocycles. The summed E-state index contributed by atoms with van der Waals surface area (Å²) < 4.78 is 1.52. The number of halogens is 2. The molecule has 1 aromatic carbocycles. The van der Waals surface area contributed by atoms with Gasteiger partial charge in [-0.3, -0.25) is 9.59 Å². The summed E-state index contributed by atoms with van der Waals surface area (Å²) in [7, 11) is 0. The molecule has 2 N–H and O–H groups in total. The van der Waals surface area contributed by atoms with Gasteiger partial charge in [-0.05, 0) is 32.4 Å². The summed E-state index contributed by atoms with van der Waals surface area (Å²) >= 11 is 12.5. The van der Waals surface area contributed by atoms with Crippen molar-refractivity contribution in [2.75, 3.05) is 6.54 Å². The summed E-state index contributed by atoms with van der Waals surface area (Å²) in [4.78, 5) is 24.0. The SMILES string of the molecule is Cc1nn(Cc2ccccc2Cl)c(Cl)c1C(=O)NCC(=O)NC(C)C. The van der Waals surface area contributed by atoms with Crippen LogP contribution in [0.3, 0.4) is 0 Å². The van der Waals surface area contributed by atoms with E-state index in [2.05, 4.69) is 15.7 Å². The number of nitrogens with zero attached hydrogens (tertiary/aromatic N) is 2. The van der Waals surface area contributed by atoms with Crippen LogP contribution in [0.25, 0.3) is 0 Å². The second-order valence-electron chi connectivity index (χ2n) is 5.91. The molecule has 134 valence electrons. The molecule has 8 heteroatoms. The molecule has 6 nitrogen and oxygen atoms in total. The van der Waals surface area contributed by atoms with Gasteiger partial charge in [-0.25, -0.2) is 4.68 Å². The lowest BCUT2D eigenvalue weighted by atomic mass is 10.2. The lowest BCUT2D eigenvalue weighted by molar-refractivity contribution is -0.120. The van der Waals surface area contributed by atoms with Crippen LogP contribution in [0.5, 0.6) is 0 Å². The predicted molar refractivity (Wildman–Crippen MR) is 98.1 cm³/mol. The van der Waals surface area contributed by atoms with E-state index < -0.39 is 5.91 Å². The first-order valence-electron chi connectivity index (χ1n) is 7.83. The minimum atomic E-state index is -0.438. The van der Waals surface area contributed by atoms with Crippen molar-refractivity contribution >= 4 is 35.0 Å². The van der Waals surface area contributed by atoms with Crippen LogP contribution in [0.4, 0.5) is 0 Å². The first-order chi connectivity index (χ1) is 11.8. The highest BCUT2D eigenvalue weighted by molar-refractivity contribution is 6.33. The molecule has 1 heterocycles. The zero-order chi connectivity index (χ0) is 18.6. The van der Waals surface area contributed by atoms with E-state index in [4.69, 9.17) is 23.2 Å². The van der Waals surface area contributed by atoms with Crippen molar-refractivity contribution in [1.29, 1.82) is 0 Å². The highest BCUT2D eigenvalue weighted by Gasteiger charge is 2.21. The third-order valence-corrected chi connectivity index (χ3v) is 4.18. The molecule has 0 unspecified atom stereocenters. The number of rotatable bonds is 6. The third kappa shape index (κ3) is 4.96. The molecule has 0 aliphatic rings. The quantitative estimate of drug-likeness (QED) is 0.806. The van der Waals surface area contributed by atoms with E-state index in [1.165, 1.54) is 4.68 Å². The van der Waals surface area contributed by atoms with Gasteiger partial charge in [0.1, 0.15) is 5.15 Å². The Morgan fingerprint density at radius 3 is 2.56 bits per heavy atom. The Balaban J connectivity index is 2.12. The fourth-order valence-corrected chi connectivity index (χ4v) is 2.84. The normalized spacial score (nSPS) is 10.8. The minimum Gasteiger partial charge on any atom is -0.352 e. The maximum Gasteiger partial charge on any atom is 0.256 e. The van der Waals surface area contributed by atoms with Gasteiger partial charge in [0, 0.05) is 11.1 Å². The lowest BCUT2D eigenvalue weighted by Gasteiger charge is -2.09. The molecular formula is C17H20Cl2N4O2. The average molecular weight is 383 g/mol. The molecule has 0 bridgehead atoms. The van der Waals surface area contributed by atoms with Gasteiger partial charge < -0.3 is 10.6 Å². The van der Waals surface area contributed by atoms with Crippen LogP contribution in [0.15, 0.2) is 24.3 Å². The van der Waals surface area contributed by atoms with E-state index >= 15 is 0 Å². The number of benzene rings is 1. The molecule has 0 aliphatic carbocycles. The summed E-state index contributed by atoms with van der Waals surface area (Å²) in [6.07, 6.45) is 0. The van der Waals surface area contributed by atoms with E-state index in [1.807, 2.05) is 32.0 Å². The first-order valence-corrected chi connectivity index (χ1v) is 8.59. The third-order valence-electron chi connectivity index (χ3n) is 3.43. The summed E-state index contributed by atoms with van der Waals surface area (Å²) in [6, 6.07) is 7.36. The molecule has 2 aromatic rings. The Bertz CT molecular complexity index is 787. The monoisotopic (exact) mass is 382 g/mol. The molecule has 25 heavy (non-hydrogen) atoms. The van der Waals surface area contributed by atoms with Gasteiger partial charge in [0.05, 0.1) is 24.3 Å². The van der Waals surface area contributed by atoms with Gasteiger partial charge in [-0.1, -0.05) is 41.4 Å². The Hall–Kier alpha value is -2.05. The van der Waals surface area contributed by atoms with Crippen molar-refractivity contribution in [2.24, 2.45) is 0 Å². The van der Waals surface area contributed by atoms with Crippen LogP contribution in [0.1, 0.15) is 35.5 Å². The van der Waals surface area contributed by atoms with Crippen molar-refractivity contribution in [3.8, 4) is 0 Å². The van der Waals surface area contributed by atoms with E-state index in [0.717, 1.165) is 5.56 Å². The number of nitrogens with one attached hydrogen (secondary N) is 2. The number of aromatic nitrogens is 2. The number of aryl methyl sites for hydroxylation is 1. The van der Waals surface area contributed by atoms with Gasteiger partial charge in [0.15, 0.2) is 0 Å². The Morgan fingerprint density at radius 1 is 1.24 bits per heavy atom. The Labute approximate surface area is 156 Å². The number of hydrogen-bond acceptors (Lipinski definition) is 3. The van der Waals surface area contributed by atoms with Gasteiger partial charge in [-0.15, -0.1) is 0 Å². The maximum atomic E-state index is 12.4. The molecule has 1 aromatic heterocycles. The Kier molecular flexibility index (Phi) is 6.45. The smallest absolute Gasteiger partial charge is 0.256 e. The second-order valence-corrected chi connectivity index (χ2v) is 6.67. The minimum absolute atomic E-state index is 0.00750. The van der Waals surface area contributed by atoms with Crippen LogP contribution in [0.2, 0.25) is 10.2 Å².